The van der Waals surface area contributed by atoms with E-state index in [1.54, 1.807) is 16.8 Å². The number of hydrogen-bond acceptors (Lipinski definition) is 5. The molecular formula is C17H15BrN4O4. The van der Waals surface area contributed by atoms with Gasteiger partial charge in [0.2, 0.25) is 0 Å². The van der Waals surface area contributed by atoms with Crippen molar-refractivity contribution in [2.45, 2.75) is 20.4 Å². The van der Waals surface area contributed by atoms with Gasteiger partial charge < -0.3 is 9.73 Å². The van der Waals surface area contributed by atoms with Crippen LogP contribution in [0.3, 0.4) is 0 Å². The molecule has 134 valence electrons. The molecule has 0 aliphatic carbocycles. The van der Waals surface area contributed by atoms with Crippen molar-refractivity contribution in [3.63, 3.8) is 0 Å². The highest BCUT2D eigenvalue weighted by Crippen LogP contribution is 2.24. The molecule has 8 nitrogen and oxygen atoms in total. The molecule has 26 heavy (non-hydrogen) atoms. The van der Waals surface area contributed by atoms with Gasteiger partial charge in [-0.05, 0) is 48.0 Å². The van der Waals surface area contributed by atoms with E-state index in [0.717, 1.165) is 15.9 Å². The number of anilines is 1. The van der Waals surface area contributed by atoms with Crippen LogP contribution in [0.15, 0.2) is 45.3 Å². The zero-order chi connectivity index (χ0) is 18.8. The Hall–Kier alpha value is -2.94. The highest BCUT2D eigenvalue weighted by Gasteiger charge is 2.18. The number of nitrogens with zero attached hydrogens (tertiary/aromatic N) is 3. The van der Waals surface area contributed by atoms with Gasteiger partial charge in [0.15, 0.2) is 5.76 Å². The number of hydrogen-bond donors (Lipinski definition) is 1. The number of para-hydroxylation sites is 2. The third-order valence-electron chi connectivity index (χ3n) is 3.83. The Balaban J connectivity index is 1.76. The van der Waals surface area contributed by atoms with E-state index >= 15 is 0 Å². The molecule has 0 spiro atoms. The lowest BCUT2D eigenvalue weighted by Gasteiger charge is -2.04. The first-order valence-electron chi connectivity index (χ1n) is 7.70. The number of amides is 1. The van der Waals surface area contributed by atoms with E-state index in [2.05, 4.69) is 26.3 Å². The van der Waals surface area contributed by atoms with E-state index in [-0.39, 0.29) is 17.1 Å². The molecule has 0 unspecified atom stereocenters. The zero-order valence-electron chi connectivity index (χ0n) is 14.0. The summed E-state index contributed by atoms with van der Waals surface area (Å²) in [5.41, 5.74) is 1.75. The number of carbonyl (C=O) groups excluding carboxylic acids is 1. The van der Waals surface area contributed by atoms with Crippen LogP contribution >= 0.6 is 15.9 Å². The molecule has 3 rings (SSSR count). The van der Waals surface area contributed by atoms with Gasteiger partial charge in [-0.15, -0.1) is 0 Å². The summed E-state index contributed by atoms with van der Waals surface area (Å²) in [6.07, 6.45) is 0. The maximum atomic E-state index is 12.3. The number of furan rings is 1. The van der Waals surface area contributed by atoms with E-state index in [0.29, 0.717) is 12.3 Å². The van der Waals surface area contributed by atoms with Gasteiger partial charge in [-0.25, -0.2) is 0 Å². The Morgan fingerprint density at radius 2 is 2.04 bits per heavy atom. The first-order valence-corrected chi connectivity index (χ1v) is 8.49. The summed E-state index contributed by atoms with van der Waals surface area (Å²) in [5.74, 6) is 0.0645. The predicted molar refractivity (Wildman–Crippen MR) is 98.3 cm³/mol. The van der Waals surface area contributed by atoms with Crippen LogP contribution in [0.1, 0.15) is 27.7 Å². The smallest absolute Gasteiger partial charge is 0.292 e. The van der Waals surface area contributed by atoms with Crippen LogP contribution < -0.4 is 5.32 Å². The fraction of sp³-hybridized carbons (Fsp3) is 0.176. The Labute approximate surface area is 157 Å². The molecule has 9 heteroatoms. The van der Waals surface area contributed by atoms with Crippen LogP contribution in [0.4, 0.5) is 11.4 Å². The maximum absolute atomic E-state index is 12.3. The molecule has 1 aromatic carbocycles. The molecule has 0 saturated heterocycles. The Kier molecular flexibility index (Phi) is 4.90. The number of halogens is 1. The van der Waals surface area contributed by atoms with Crippen LogP contribution in [0.5, 0.6) is 0 Å². The Bertz CT molecular complexity index is 993. The van der Waals surface area contributed by atoms with Crippen molar-refractivity contribution in [2.75, 3.05) is 5.32 Å². The molecule has 0 radical (unpaired) electrons. The lowest BCUT2D eigenvalue weighted by molar-refractivity contribution is -0.383. The quantitative estimate of drug-likeness (QED) is 0.496. The van der Waals surface area contributed by atoms with E-state index < -0.39 is 10.8 Å². The van der Waals surface area contributed by atoms with E-state index in [1.807, 2.05) is 13.8 Å². The number of nitro groups is 1. The molecule has 0 bridgehead atoms. The maximum Gasteiger partial charge on any atom is 0.292 e. The molecule has 0 atom stereocenters. The van der Waals surface area contributed by atoms with Gasteiger partial charge in [0.1, 0.15) is 11.4 Å². The molecule has 0 aliphatic heterocycles. The fourth-order valence-electron chi connectivity index (χ4n) is 2.48. The van der Waals surface area contributed by atoms with Crippen molar-refractivity contribution in [3.8, 4) is 0 Å². The van der Waals surface area contributed by atoms with Gasteiger partial charge in [-0.2, -0.15) is 5.10 Å². The van der Waals surface area contributed by atoms with Gasteiger partial charge in [-0.3, -0.25) is 19.6 Å². The van der Waals surface area contributed by atoms with Gasteiger partial charge in [0, 0.05) is 6.07 Å². The number of aromatic nitrogens is 2. The summed E-state index contributed by atoms with van der Waals surface area (Å²) in [5, 5.41) is 17.9. The van der Waals surface area contributed by atoms with Crippen molar-refractivity contribution in [3.05, 3.63) is 73.9 Å². The summed E-state index contributed by atoms with van der Waals surface area (Å²) in [6, 6.07) is 9.14. The van der Waals surface area contributed by atoms with E-state index in [9.17, 15) is 14.9 Å². The first-order chi connectivity index (χ1) is 12.4. The Morgan fingerprint density at radius 3 is 2.69 bits per heavy atom. The van der Waals surface area contributed by atoms with Crippen LogP contribution in [0.2, 0.25) is 0 Å². The second-order valence-electron chi connectivity index (χ2n) is 5.64. The summed E-state index contributed by atoms with van der Waals surface area (Å²) in [7, 11) is 0. The lowest BCUT2D eigenvalue weighted by Crippen LogP contribution is -2.12. The summed E-state index contributed by atoms with van der Waals surface area (Å²) in [6.45, 7) is 4.19. The monoisotopic (exact) mass is 418 g/mol. The van der Waals surface area contributed by atoms with Crippen LogP contribution in [0, 0.1) is 24.0 Å². The standard InChI is InChI=1S/C17H15BrN4O4/c1-10-16(18)11(2)21(20-10)9-12-7-8-15(26-12)17(23)19-13-5-3-4-6-14(13)22(24)25/h3-8H,9H2,1-2H3,(H,19,23). The molecule has 3 aromatic rings. The minimum absolute atomic E-state index is 0.0683. The molecule has 0 saturated carbocycles. The number of benzene rings is 1. The Morgan fingerprint density at radius 1 is 1.31 bits per heavy atom. The van der Waals surface area contributed by atoms with Crippen LogP contribution in [0.25, 0.3) is 0 Å². The van der Waals surface area contributed by atoms with Crippen LogP contribution in [-0.2, 0) is 6.54 Å². The van der Waals surface area contributed by atoms with Gasteiger partial charge in [0.25, 0.3) is 11.6 Å². The average molecular weight is 419 g/mol. The van der Waals surface area contributed by atoms with E-state index in [1.165, 1.54) is 24.3 Å². The molecule has 1 amide bonds. The third-order valence-corrected chi connectivity index (χ3v) is 4.98. The number of nitro benzene ring substituents is 1. The number of rotatable bonds is 5. The summed E-state index contributed by atoms with van der Waals surface area (Å²) >= 11 is 3.46. The number of carbonyl (C=O) groups is 1. The van der Waals surface area contributed by atoms with Gasteiger partial charge in [0.05, 0.1) is 27.3 Å². The second kappa shape index (κ2) is 7.12. The lowest BCUT2D eigenvalue weighted by atomic mass is 10.2. The molecule has 0 aliphatic rings. The minimum Gasteiger partial charge on any atom is -0.454 e. The largest absolute Gasteiger partial charge is 0.454 e. The van der Waals surface area contributed by atoms with Crippen molar-refractivity contribution in [1.82, 2.24) is 9.78 Å². The van der Waals surface area contributed by atoms with Gasteiger partial charge in [-0.1, -0.05) is 12.1 Å². The summed E-state index contributed by atoms with van der Waals surface area (Å²) < 4.78 is 8.26. The second-order valence-corrected chi connectivity index (χ2v) is 6.43. The molecule has 0 fully saturated rings. The topological polar surface area (TPSA) is 103 Å². The normalized spacial score (nSPS) is 10.7. The summed E-state index contributed by atoms with van der Waals surface area (Å²) in [4.78, 5) is 22.8. The molecule has 2 aromatic heterocycles. The minimum atomic E-state index is -0.555. The van der Waals surface area contributed by atoms with Crippen molar-refractivity contribution in [1.29, 1.82) is 0 Å². The molecule has 2 heterocycles. The number of aryl methyl sites for hydroxylation is 1. The molecule has 1 N–H and O–H groups in total. The fourth-order valence-corrected chi connectivity index (χ4v) is 2.77. The third kappa shape index (κ3) is 3.52. The van der Waals surface area contributed by atoms with Gasteiger partial charge >= 0.3 is 0 Å². The highest BCUT2D eigenvalue weighted by molar-refractivity contribution is 9.10. The van der Waals surface area contributed by atoms with E-state index in [4.69, 9.17) is 4.42 Å². The van der Waals surface area contributed by atoms with Crippen molar-refractivity contribution < 1.29 is 14.1 Å². The average Bonchev–Trinajstić information content (AvgIpc) is 3.17. The predicted octanol–water partition coefficient (Wildman–Crippen LogP) is 4.06. The zero-order valence-corrected chi connectivity index (χ0v) is 15.6. The van der Waals surface area contributed by atoms with Crippen molar-refractivity contribution in [2.24, 2.45) is 0 Å². The number of nitrogens with one attached hydrogen (secondary N) is 1. The highest BCUT2D eigenvalue weighted by atomic mass is 79.9. The molecular weight excluding hydrogens is 404 g/mol. The van der Waals surface area contributed by atoms with Crippen LogP contribution in [-0.4, -0.2) is 20.6 Å². The van der Waals surface area contributed by atoms with Crippen molar-refractivity contribution >= 4 is 33.2 Å². The first kappa shape index (κ1) is 17.9. The SMILES string of the molecule is Cc1nn(Cc2ccc(C(=O)Nc3ccccc3[N+](=O)[O-])o2)c(C)c1Br.